The molecule has 1 aliphatic heterocycles. The van der Waals surface area contributed by atoms with Crippen LogP contribution in [0.5, 0.6) is 0 Å². The molecule has 0 saturated carbocycles. The molecule has 3 aromatic rings. The summed E-state index contributed by atoms with van der Waals surface area (Å²) in [5.41, 5.74) is 2.64. The molecule has 2 aromatic carbocycles. The van der Waals surface area contributed by atoms with Crippen molar-refractivity contribution in [1.29, 1.82) is 0 Å². The van der Waals surface area contributed by atoms with Crippen LogP contribution in [0.4, 0.5) is 9.18 Å². The van der Waals surface area contributed by atoms with E-state index in [-0.39, 0.29) is 5.82 Å². The zero-order valence-electron chi connectivity index (χ0n) is 14.2. The van der Waals surface area contributed by atoms with Gasteiger partial charge < -0.3 is 10.1 Å². The van der Waals surface area contributed by atoms with E-state index in [1.807, 2.05) is 36.4 Å². The van der Waals surface area contributed by atoms with E-state index in [0.29, 0.717) is 17.0 Å². The third-order valence-electron chi connectivity index (χ3n) is 4.19. The largest absolute Gasteiger partial charge is 0.439 e. The van der Waals surface area contributed by atoms with Crippen molar-refractivity contribution >= 4 is 6.09 Å². The van der Waals surface area contributed by atoms with Gasteiger partial charge in [0.2, 0.25) is 0 Å². The summed E-state index contributed by atoms with van der Waals surface area (Å²) in [6.07, 6.45) is -1.21. The molecule has 0 aliphatic carbocycles. The van der Waals surface area contributed by atoms with Crippen LogP contribution < -0.4 is 5.32 Å². The van der Waals surface area contributed by atoms with E-state index in [1.54, 1.807) is 24.3 Å². The number of hydrogen-bond donors (Lipinski definition) is 1. The molecule has 1 aliphatic rings. The van der Waals surface area contributed by atoms with Gasteiger partial charge in [0, 0.05) is 5.56 Å². The monoisotopic (exact) mass is 358 g/mol. The fourth-order valence-corrected chi connectivity index (χ4v) is 2.95. The summed E-state index contributed by atoms with van der Waals surface area (Å²) < 4.78 is 18.9. The molecular weight excluding hydrogens is 343 g/mol. The van der Waals surface area contributed by atoms with E-state index < -0.39 is 18.2 Å². The molecule has 0 bridgehead atoms. The minimum atomic E-state index is -0.655. The van der Waals surface area contributed by atoms with Gasteiger partial charge in [-0.3, -0.25) is 0 Å². The van der Waals surface area contributed by atoms with Crippen LogP contribution in [0, 0.1) is 17.7 Å². The number of aromatic nitrogens is 1. The molecule has 0 spiro atoms. The van der Waals surface area contributed by atoms with Crippen LogP contribution in [0.2, 0.25) is 0 Å². The highest BCUT2D eigenvalue weighted by Gasteiger charge is 2.37. The van der Waals surface area contributed by atoms with Crippen LogP contribution in [-0.2, 0) is 4.74 Å². The van der Waals surface area contributed by atoms with Gasteiger partial charge in [0.05, 0.1) is 5.69 Å². The number of nitrogens with one attached hydrogen (secondary N) is 1. The SMILES string of the molecule is O=C1N[C@@H](c2cccc(C#Cc3ccccc3)n2)[C@H](c2cccc(F)c2)O1. The van der Waals surface area contributed by atoms with Gasteiger partial charge in [-0.1, -0.05) is 42.3 Å². The van der Waals surface area contributed by atoms with Gasteiger partial charge in [0.25, 0.3) is 0 Å². The molecule has 1 amide bonds. The standard InChI is InChI=1S/C22H15FN2O2/c23-17-9-4-8-16(14-17)21-20(25-22(26)27-21)19-11-5-10-18(24-19)13-12-15-6-2-1-3-7-15/h1-11,14,20-21H,(H,25,26)/t20-,21-/m0/s1. The highest BCUT2D eigenvalue weighted by molar-refractivity contribution is 5.71. The van der Waals surface area contributed by atoms with E-state index in [0.717, 1.165) is 5.56 Å². The summed E-state index contributed by atoms with van der Waals surface area (Å²) in [6.45, 7) is 0. The zero-order chi connectivity index (χ0) is 18.6. The summed E-state index contributed by atoms with van der Waals surface area (Å²) in [5, 5.41) is 2.74. The molecule has 0 unspecified atom stereocenters. The number of alkyl carbamates (subject to hydrolysis) is 1. The maximum atomic E-state index is 13.6. The van der Waals surface area contributed by atoms with Gasteiger partial charge >= 0.3 is 6.09 Å². The Morgan fingerprint density at radius 3 is 2.59 bits per heavy atom. The maximum absolute atomic E-state index is 13.6. The predicted octanol–water partition coefficient (Wildman–Crippen LogP) is 4.14. The normalized spacial score (nSPS) is 18.2. The van der Waals surface area contributed by atoms with E-state index in [1.165, 1.54) is 12.1 Å². The number of halogens is 1. The topological polar surface area (TPSA) is 51.2 Å². The first-order valence-electron chi connectivity index (χ1n) is 8.46. The lowest BCUT2D eigenvalue weighted by Gasteiger charge is -2.17. The van der Waals surface area contributed by atoms with Gasteiger partial charge in [0.15, 0.2) is 6.10 Å². The second kappa shape index (κ2) is 7.30. The number of benzene rings is 2. The fraction of sp³-hybridized carbons (Fsp3) is 0.0909. The van der Waals surface area contributed by atoms with Crippen molar-refractivity contribution in [2.24, 2.45) is 0 Å². The van der Waals surface area contributed by atoms with Crippen molar-refractivity contribution in [1.82, 2.24) is 10.3 Å². The summed E-state index contributed by atoms with van der Waals surface area (Å²) in [6, 6.07) is 20.5. The van der Waals surface area contributed by atoms with Crippen molar-refractivity contribution in [3.05, 3.63) is 101 Å². The number of hydrogen-bond acceptors (Lipinski definition) is 3. The molecule has 1 fully saturated rings. The van der Waals surface area contributed by atoms with Crippen LogP contribution >= 0.6 is 0 Å². The Bertz CT molecular complexity index is 1040. The van der Waals surface area contributed by atoms with E-state index in [9.17, 15) is 9.18 Å². The van der Waals surface area contributed by atoms with Gasteiger partial charge in [-0.05, 0) is 47.9 Å². The lowest BCUT2D eigenvalue weighted by molar-refractivity contribution is 0.131. The Balaban J connectivity index is 1.64. The van der Waals surface area contributed by atoms with Crippen molar-refractivity contribution < 1.29 is 13.9 Å². The summed E-state index contributed by atoms with van der Waals surface area (Å²) in [4.78, 5) is 16.3. The quantitative estimate of drug-likeness (QED) is 0.701. The number of nitrogens with zero attached hydrogens (tertiary/aromatic N) is 1. The van der Waals surface area contributed by atoms with E-state index in [4.69, 9.17) is 4.74 Å². The lowest BCUT2D eigenvalue weighted by Crippen LogP contribution is -2.20. The van der Waals surface area contributed by atoms with Gasteiger partial charge in [-0.25, -0.2) is 14.2 Å². The van der Waals surface area contributed by atoms with Crippen molar-refractivity contribution in [3.63, 3.8) is 0 Å². The van der Waals surface area contributed by atoms with Crippen LogP contribution in [-0.4, -0.2) is 11.1 Å². The predicted molar refractivity (Wildman–Crippen MR) is 98.2 cm³/mol. The number of rotatable bonds is 2. The molecule has 4 nitrogen and oxygen atoms in total. The highest BCUT2D eigenvalue weighted by Crippen LogP contribution is 2.36. The highest BCUT2D eigenvalue weighted by atomic mass is 19.1. The molecule has 0 radical (unpaired) electrons. The lowest BCUT2D eigenvalue weighted by atomic mass is 9.99. The maximum Gasteiger partial charge on any atom is 0.408 e. The second-order valence-electron chi connectivity index (χ2n) is 6.07. The second-order valence-corrected chi connectivity index (χ2v) is 6.07. The Hall–Kier alpha value is -3.65. The number of amides is 1. The molecule has 132 valence electrons. The Morgan fingerprint density at radius 1 is 0.963 bits per heavy atom. The van der Waals surface area contributed by atoms with Crippen LogP contribution in [0.1, 0.15) is 34.7 Å². The number of cyclic esters (lactones) is 1. The molecule has 27 heavy (non-hydrogen) atoms. The summed E-state index contributed by atoms with van der Waals surface area (Å²) >= 11 is 0. The smallest absolute Gasteiger partial charge is 0.408 e. The Kier molecular flexibility index (Phi) is 4.54. The number of carbonyl (C=O) groups is 1. The van der Waals surface area contributed by atoms with Gasteiger partial charge in [-0.2, -0.15) is 0 Å². The molecular formula is C22H15FN2O2. The van der Waals surface area contributed by atoms with Gasteiger partial charge in [-0.15, -0.1) is 0 Å². The first kappa shape index (κ1) is 16.8. The third kappa shape index (κ3) is 3.80. The molecule has 5 heteroatoms. The zero-order valence-corrected chi connectivity index (χ0v) is 14.2. The fourth-order valence-electron chi connectivity index (χ4n) is 2.95. The molecule has 1 aromatic heterocycles. The molecule has 1 N–H and O–H groups in total. The molecule has 2 atom stereocenters. The molecule has 2 heterocycles. The van der Waals surface area contributed by atoms with Crippen LogP contribution in [0.3, 0.4) is 0 Å². The minimum absolute atomic E-state index is 0.385. The number of ether oxygens (including phenoxy) is 1. The average molecular weight is 358 g/mol. The van der Waals surface area contributed by atoms with E-state index >= 15 is 0 Å². The Labute approximate surface area is 156 Å². The number of pyridine rings is 1. The van der Waals surface area contributed by atoms with Crippen LogP contribution in [0.15, 0.2) is 72.8 Å². The first-order valence-corrected chi connectivity index (χ1v) is 8.46. The van der Waals surface area contributed by atoms with Gasteiger partial charge in [0.1, 0.15) is 17.6 Å². The first-order chi connectivity index (χ1) is 13.2. The van der Waals surface area contributed by atoms with Crippen LogP contribution in [0.25, 0.3) is 0 Å². The van der Waals surface area contributed by atoms with Crippen molar-refractivity contribution in [3.8, 4) is 11.8 Å². The summed E-state index contributed by atoms with van der Waals surface area (Å²) in [5.74, 6) is 5.70. The molecule has 1 saturated heterocycles. The Morgan fingerprint density at radius 2 is 1.78 bits per heavy atom. The van der Waals surface area contributed by atoms with Crippen molar-refractivity contribution in [2.75, 3.05) is 0 Å². The third-order valence-corrected chi connectivity index (χ3v) is 4.19. The molecule has 4 rings (SSSR count). The number of carbonyl (C=O) groups excluding carboxylic acids is 1. The minimum Gasteiger partial charge on any atom is -0.439 e. The summed E-state index contributed by atoms with van der Waals surface area (Å²) in [7, 11) is 0. The van der Waals surface area contributed by atoms with E-state index in [2.05, 4.69) is 22.1 Å². The average Bonchev–Trinajstić information content (AvgIpc) is 3.09. The van der Waals surface area contributed by atoms with Crippen molar-refractivity contribution in [2.45, 2.75) is 12.1 Å².